The van der Waals surface area contributed by atoms with Crippen LogP contribution in [0.2, 0.25) is 0 Å². The van der Waals surface area contributed by atoms with E-state index in [9.17, 15) is 9.18 Å². The van der Waals surface area contributed by atoms with Crippen molar-refractivity contribution >= 4 is 18.2 Å². The predicted octanol–water partition coefficient (Wildman–Crippen LogP) is 1.61. The second-order valence-corrected chi connectivity index (χ2v) is 2.90. The Hall–Kier alpha value is -2.24. The van der Waals surface area contributed by atoms with Gasteiger partial charge < -0.3 is 15.3 Å². The second-order valence-electron chi connectivity index (χ2n) is 2.90. The molecule has 0 saturated carbocycles. The zero-order valence-electron chi connectivity index (χ0n) is 9.14. The summed E-state index contributed by atoms with van der Waals surface area (Å²) in [5.41, 5.74) is 0.691. The van der Waals surface area contributed by atoms with Crippen LogP contribution in [0.3, 0.4) is 0 Å². The molecule has 0 aromatic heterocycles. The van der Waals surface area contributed by atoms with Crippen LogP contribution < -0.4 is 0 Å². The highest BCUT2D eigenvalue weighted by molar-refractivity contribution is 6.21. The fraction of sp³-hybridized carbons (Fsp3) is 0.182. The number of carboxylic acid groups (broad SMARTS) is 1. The van der Waals surface area contributed by atoms with Crippen LogP contribution >= 0.6 is 0 Å². The average Bonchev–Trinajstić information content (AvgIpc) is 2.27. The number of hydrogen-bond donors (Lipinski definition) is 2. The van der Waals surface area contributed by atoms with Crippen LogP contribution in [0.25, 0.3) is 0 Å². The van der Waals surface area contributed by atoms with Gasteiger partial charge in [0.05, 0.1) is 0 Å². The number of halogens is 1. The maximum atomic E-state index is 12.4. The SMILES string of the molecule is CC(=O)O.N=CC(=O)OCc1ccc(F)cc1. The lowest BCUT2D eigenvalue weighted by atomic mass is 10.2. The van der Waals surface area contributed by atoms with E-state index < -0.39 is 11.9 Å². The molecule has 0 aliphatic carbocycles. The van der Waals surface area contributed by atoms with Crippen LogP contribution in [0, 0.1) is 11.2 Å². The number of esters is 1. The lowest BCUT2D eigenvalue weighted by molar-refractivity contribution is -0.136. The molecule has 6 heteroatoms. The van der Waals surface area contributed by atoms with E-state index in [2.05, 4.69) is 4.74 Å². The molecule has 0 amide bonds. The first-order valence-electron chi connectivity index (χ1n) is 4.57. The smallest absolute Gasteiger partial charge is 0.348 e. The van der Waals surface area contributed by atoms with Gasteiger partial charge in [-0.2, -0.15) is 0 Å². The minimum Gasteiger partial charge on any atom is -0.481 e. The van der Waals surface area contributed by atoms with Gasteiger partial charge in [-0.15, -0.1) is 0 Å². The topological polar surface area (TPSA) is 87.5 Å². The van der Waals surface area contributed by atoms with Crippen molar-refractivity contribution in [1.29, 1.82) is 5.41 Å². The van der Waals surface area contributed by atoms with Gasteiger partial charge in [0.1, 0.15) is 18.6 Å². The molecule has 92 valence electrons. The Balaban J connectivity index is 0.000000557. The Kier molecular flexibility index (Phi) is 6.92. The van der Waals surface area contributed by atoms with Crippen molar-refractivity contribution in [2.75, 3.05) is 0 Å². The van der Waals surface area contributed by atoms with E-state index in [0.717, 1.165) is 6.92 Å². The Bertz CT molecular complexity index is 385. The molecule has 17 heavy (non-hydrogen) atoms. The first kappa shape index (κ1) is 14.8. The van der Waals surface area contributed by atoms with Gasteiger partial charge in [0.2, 0.25) is 0 Å². The molecule has 2 N–H and O–H groups in total. The summed E-state index contributed by atoms with van der Waals surface area (Å²) in [6.45, 7) is 1.15. The third-order valence-electron chi connectivity index (χ3n) is 1.41. The van der Waals surface area contributed by atoms with Crippen molar-refractivity contribution in [3.05, 3.63) is 35.6 Å². The zero-order chi connectivity index (χ0) is 13.3. The highest BCUT2D eigenvalue weighted by atomic mass is 19.1. The number of ether oxygens (including phenoxy) is 1. The lowest BCUT2D eigenvalue weighted by Gasteiger charge is -2.00. The van der Waals surface area contributed by atoms with Gasteiger partial charge in [-0.3, -0.25) is 4.79 Å². The summed E-state index contributed by atoms with van der Waals surface area (Å²) in [4.78, 5) is 19.5. The zero-order valence-corrected chi connectivity index (χ0v) is 9.14. The van der Waals surface area contributed by atoms with Gasteiger partial charge in [-0.05, 0) is 17.7 Å². The number of carbonyl (C=O) groups is 2. The van der Waals surface area contributed by atoms with E-state index in [0.29, 0.717) is 11.8 Å². The fourth-order valence-corrected chi connectivity index (χ4v) is 0.777. The first-order valence-corrected chi connectivity index (χ1v) is 4.57. The molecule has 0 spiro atoms. The van der Waals surface area contributed by atoms with Gasteiger partial charge in [0.15, 0.2) is 0 Å². The Morgan fingerprint density at radius 3 is 2.29 bits per heavy atom. The van der Waals surface area contributed by atoms with Gasteiger partial charge in [0.25, 0.3) is 5.97 Å². The first-order chi connectivity index (χ1) is 7.95. The molecule has 0 aliphatic rings. The summed E-state index contributed by atoms with van der Waals surface area (Å²) in [6, 6.07) is 5.61. The summed E-state index contributed by atoms with van der Waals surface area (Å²) < 4.78 is 17.0. The number of carbonyl (C=O) groups excluding carboxylic acids is 1. The molecule has 0 heterocycles. The quantitative estimate of drug-likeness (QED) is 0.621. The molecular weight excluding hydrogens is 229 g/mol. The van der Waals surface area contributed by atoms with E-state index in [1.54, 1.807) is 0 Å². The molecule has 1 aromatic carbocycles. The number of nitrogens with one attached hydrogen (secondary N) is 1. The van der Waals surface area contributed by atoms with Gasteiger partial charge in [0, 0.05) is 6.92 Å². The number of aliphatic carboxylic acids is 1. The minimum absolute atomic E-state index is 0.0640. The molecule has 0 atom stereocenters. The fourth-order valence-electron chi connectivity index (χ4n) is 0.777. The minimum atomic E-state index is -0.833. The number of benzene rings is 1. The van der Waals surface area contributed by atoms with Crippen molar-refractivity contribution in [3.8, 4) is 0 Å². The van der Waals surface area contributed by atoms with Crippen molar-refractivity contribution in [2.45, 2.75) is 13.5 Å². The molecule has 5 nitrogen and oxygen atoms in total. The third-order valence-corrected chi connectivity index (χ3v) is 1.41. The molecule has 0 aliphatic heterocycles. The molecule has 0 bridgehead atoms. The summed E-state index contributed by atoms with van der Waals surface area (Å²) in [5, 5.41) is 14.0. The number of rotatable bonds is 3. The molecule has 0 unspecified atom stereocenters. The van der Waals surface area contributed by atoms with E-state index >= 15 is 0 Å². The van der Waals surface area contributed by atoms with Gasteiger partial charge in [-0.1, -0.05) is 12.1 Å². The largest absolute Gasteiger partial charge is 0.481 e. The average molecular weight is 241 g/mol. The monoisotopic (exact) mass is 241 g/mol. The van der Waals surface area contributed by atoms with Crippen LogP contribution in [-0.2, 0) is 20.9 Å². The Morgan fingerprint density at radius 1 is 1.41 bits per heavy atom. The Labute approximate surface area is 97.3 Å². The van der Waals surface area contributed by atoms with Crippen LogP contribution in [0.4, 0.5) is 4.39 Å². The van der Waals surface area contributed by atoms with Crippen LogP contribution in [0.15, 0.2) is 24.3 Å². The number of hydrogen-bond acceptors (Lipinski definition) is 4. The standard InChI is InChI=1S/C9H8FNO2.C2H4O2/c10-8-3-1-7(2-4-8)6-13-9(12)5-11;1-2(3)4/h1-5,11H,6H2;1H3,(H,3,4). The predicted molar refractivity (Wildman–Crippen MR) is 58.3 cm³/mol. The molecule has 1 aromatic rings. The molecular formula is C11H12FNO4. The van der Waals surface area contributed by atoms with Crippen molar-refractivity contribution in [1.82, 2.24) is 0 Å². The third kappa shape index (κ3) is 8.73. The number of carboxylic acids is 1. The highest BCUT2D eigenvalue weighted by Gasteiger charge is 1.98. The molecule has 1 rings (SSSR count). The summed E-state index contributed by atoms with van der Waals surface area (Å²) >= 11 is 0. The van der Waals surface area contributed by atoms with Crippen molar-refractivity contribution < 1.29 is 23.8 Å². The van der Waals surface area contributed by atoms with Crippen molar-refractivity contribution in [2.24, 2.45) is 0 Å². The molecule has 0 fully saturated rings. The maximum absolute atomic E-state index is 12.4. The van der Waals surface area contributed by atoms with Crippen LogP contribution in [0.1, 0.15) is 12.5 Å². The lowest BCUT2D eigenvalue weighted by Crippen LogP contribution is -2.04. The van der Waals surface area contributed by atoms with Crippen LogP contribution in [0.5, 0.6) is 0 Å². The molecule has 0 saturated heterocycles. The van der Waals surface area contributed by atoms with E-state index in [1.165, 1.54) is 24.3 Å². The Morgan fingerprint density at radius 2 is 1.88 bits per heavy atom. The molecule has 0 radical (unpaired) electrons. The van der Waals surface area contributed by atoms with Crippen LogP contribution in [-0.4, -0.2) is 23.3 Å². The maximum Gasteiger partial charge on any atom is 0.348 e. The van der Waals surface area contributed by atoms with E-state index in [-0.39, 0.29) is 12.4 Å². The van der Waals surface area contributed by atoms with Gasteiger partial charge in [-0.25, -0.2) is 9.18 Å². The summed E-state index contributed by atoms with van der Waals surface area (Å²) in [5.74, 6) is -1.87. The second kappa shape index (κ2) is 7.98. The van der Waals surface area contributed by atoms with Gasteiger partial charge >= 0.3 is 5.97 Å². The normalized spacial score (nSPS) is 8.59. The van der Waals surface area contributed by atoms with E-state index in [4.69, 9.17) is 15.3 Å². The van der Waals surface area contributed by atoms with Crippen molar-refractivity contribution in [3.63, 3.8) is 0 Å². The summed E-state index contributed by atoms with van der Waals surface area (Å²) in [6.07, 6.45) is 0.587. The summed E-state index contributed by atoms with van der Waals surface area (Å²) in [7, 11) is 0. The van der Waals surface area contributed by atoms with E-state index in [1.807, 2.05) is 0 Å². The highest BCUT2D eigenvalue weighted by Crippen LogP contribution is 2.03.